The predicted molar refractivity (Wildman–Crippen MR) is 69.7 cm³/mol. The summed E-state index contributed by atoms with van der Waals surface area (Å²) < 4.78 is 1.75. The number of nitrogens with zero attached hydrogens (tertiary/aromatic N) is 3. The second-order valence-electron chi connectivity index (χ2n) is 4.78. The fourth-order valence-corrected chi connectivity index (χ4v) is 2.54. The van der Waals surface area contributed by atoms with Crippen molar-refractivity contribution in [1.29, 1.82) is 0 Å². The van der Waals surface area contributed by atoms with E-state index in [1.807, 2.05) is 13.0 Å². The Labute approximate surface area is 105 Å². The first-order valence-electron chi connectivity index (χ1n) is 6.30. The normalized spacial score (nSPS) is 20.2. The largest absolute Gasteiger partial charge is 0.315 e. The molecule has 3 heterocycles. The Balaban J connectivity index is 2.16. The van der Waals surface area contributed by atoms with Crippen LogP contribution in [0.5, 0.6) is 0 Å². The lowest BCUT2D eigenvalue weighted by Gasteiger charge is -2.24. The number of fused-ring (bicyclic) bond motifs is 1. The van der Waals surface area contributed by atoms with Crippen LogP contribution in [0.2, 0.25) is 0 Å². The number of piperidine rings is 1. The van der Waals surface area contributed by atoms with Gasteiger partial charge in [0.1, 0.15) is 6.33 Å². The van der Waals surface area contributed by atoms with Gasteiger partial charge in [-0.15, -0.1) is 0 Å². The standard InChI is InChI=1S/C13H16N4O/c1-9-4-6-15-12-11(9)13(18)17(8-16-12)10-3-2-5-14-7-10/h4,6,8,10,14H,2-3,5,7H2,1H3. The zero-order chi connectivity index (χ0) is 12.5. The highest BCUT2D eigenvalue weighted by atomic mass is 16.1. The maximum Gasteiger partial charge on any atom is 0.263 e. The molecule has 1 saturated heterocycles. The highest BCUT2D eigenvalue weighted by Gasteiger charge is 2.17. The lowest BCUT2D eigenvalue weighted by molar-refractivity contribution is 0.363. The van der Waals surface area contributed by atoms with Crippen molar-refractivity contribution >= 4 is 11.0 Å². The molecule has 18 heavy (non-hydrogen) atoms. The molecule has 1 aliphatic rings. The molecular formula is C13H16N4O. The topological polar surface area (TPSA) is 59.8 Å². The number of nitrogens with one attached hydrogen (secondary N) is 1. The van der Waals surface area contributed by atoms with Crippen molar-refractivity contribution in [3.8, 4) is 0 Å². The van der Waals surface area contributed by atoms with E-state index < -0.39 is 0 Å². The van der Waals surface area contributed by atoms with Crippen LogP contribution in [0.4, 0.5) is 0 Å². The van der Waals surface area contributed by atoms with E-state index in [1.165, 1.54) is 0 Å². The van der Waals surface area contributed by atoms with Crippen LogP contribution in [0.3, 0.4) is 0 Å². The van der Waals surface area contributed by atoms with Crippen molar-refractivity contribution in [2.75, 3.05) is 13.1 Å². The summed E-state index contributed by atoms with van der Waals surface area (Å²) in [5.74, 6) is 0. The number of pyridine rings is 1. The van der Waals surface area contributed by atoms with Crippen LogP contribution in [-0.2, 0) is 0 Å². The molecular weight excluding hydrogens is 228 g/mol. The first-order chi connectivity index (χ1) is 8.77. The molecule has 1 atom stereocenters. The van der Waals surface area contributed by atoms with Gasteiger partial charge in [-0.05, 0) is 37.9 Å². The maximum atomic E-state index is 12.5. The van der Waals surface area contributed by atoms with Gasteiger partial charge in [0.05, 0.1) is 11.4 Å². The predicted octanol–water partition coefficient (Wildman–Crippen LogP) is 1.02. The molecule has 0 radical (unpaired) electrons. The summed E-state index contributed by atoms with van der Waals surface area (Å²) >= 11 is 0. The molecule has 94 valence electrons. The van der Waals surface area contributed by atoms with E-state index in [0.717, 1.165) is 31.5 Å². The van der Waals surface area contributed by atoms with Crippen LogP contribution in [0.15, 0.2) is 23.4 Å². The van der Waals surface area contributed by atoms with Crippen molar-refractivity contribution in [3.63, 3.8) is 0 Å². The summed E-state index contributed by atoms with van der Waals surface area (Å²) in [7, 11) is 0. The van der Waals surface area contributed by atoms with Crippen LogP contribution in [0.1, 0.15) is 24.4 Å². The van der Waals surface area contributed by atoms with Crippen molar-refractivity contribution in [3.05, 3.63) is 34.5 Å². The molecule has 2 aromatic heterocycles. The van der Waals surface area contributed by atoms with Crippen LogP contribution < -0.4 is 10.9 Å². The fraction of sp³-hybridized carbons (Fsp3) is 0.462. The first kappa shape index (κ1) is 11.3. The van der Waals surface area contributed by atoms with Gasteiger partial charge in [-0.2, -0.15) is 0 Å². The minimum absolute atomic E-state index is 0.0271. The molecule has 0 aliphatic carbocycles. The summed E-state index contributed by atoms with van der Waals surface area (Å²) in [4.78, 5) is 21.0. The van der Waals surface area contributed by atoms with E-state index in [9.17, 15) is 4.79 Å². The van der Waals surface area contributed by atoms with Crippen molar-refractivity contribution < 1.29 is 0 Å². The zero-order valence-electron chi connectivity index (χ0n) is 10.4. The highest BCUT2D eigenvalue weighted by molar-refractivity contribution is 5.76. The summed E-state index contributed by atoms with van der Waals surface area (Å²) in [5, 5.41) is 3.96. The second kappa shape index (κ2) is 4.49. The first-order valence-corrected chi connectivity index (χ1v) is 6.30. The third-order valence-corrected chi connectivity index (χ3v) is 3.56. The third-order valence-electron chi connectivity index (χ3n) is 3.56. The Kier molecular flexibility index (Phi) is 2.83. The number of hydrogen-bond acceptors (Lipinski definition) is 4. The molecule has 0 spiro atoms. The van der Waals surface area contributed by atoms with Gasteiger partial charge in [0.2, 0.25) is 0 Å². The summed E-state index contributed by atoms with van der Waals surface area (Å²) in [5.41, 5.74) is 1.51. The van der Waals surface area contributed by atoms with Gasteiger partial charge >= 0.3 is 0 Å². The van der Waals surface area contributed by atoms with E-state index in [1.54, 1.807) is 17.1 Å². The van der Waals surface area contributed by atoms with Crippen molar-refractivity contribution in [1.82, 2.24) is 19.9 Å². The van der Waals surface area contributed by atoms with Crippen LogP contribution in [0.25, 0.3) is 11.0 Å². The quantitative estimate of drug-likeness (QED) is 0.813. The van der Waals surface area contributed by atoms with Gasteiger partial charge in [-0.25, -0.2) is 9.97 Å². The molecule has 5 heteroatoms. The zero-order valence-corrected chi connectivity index (χ0v) is 10.4. The smallest absolute Gasteiger partial charge is 0.263 e. The van der Waals surface area contributed by atoms with Gasteiger partial charge in [-0.1, -0.05) is 0 Å². The highest BCUT2D eigenvalue weighted by Crippen LogP contribution is 2.16. The molecule has 0 aromatic carbocycles. The Morgan fingerprint density at radius 2 is 2.33 bits per heavy atom. The molecule has 0 bridgehead atoms. The molecule has 1 aliphatic heterocycles. The van der Waals surface area contributed by atoms with Gasteiger partial charge < -0.3 is 5.32 Å². The third kappa shape index (κ3) is 1.80. The van der Waals surface area contributed by atoms with E-state index in [-0.39, 0.29) is 11.6 Å². The van der Waals surface area contributed by atoms with Crippen molar-refractivity contribution in [2.24, 2.45) is 0 Å². The molecule has 0 saturated carbocycles. The van der Waals surface area contributed by atoms with Gasteiger partial charge in [-0.3, -0.25) is 9.36 Å². The maximum absolute atomic E-state index is 12.5. The number of hydrogen-bond donors (Lipinski definition) is 1. The summed E-state index contributed by atoms with van der Waals surface area (Å²) in [6.07, 6.45) is 5.45. The lowest BCUT2D eigenvalue weighted by atomic mass is 10.1. The average Bonchev–Trinajstić information content (AvgIpc) is 2.40. The lowest BCUT2D eigenvalue weighted by Crippen LogP contribution is -2.36. The van der Waals surface area contributed by atoms with Gasteiger partial charge in [0, 0.05) is 12.7 Å². The number of aromatic nitrogens is 3. The van der Waals surface area contributed by atoms with Crippen LogP contribution >= 0.6 is 0 Å². The number of rotatable bonds is 1. The van der Waals surface area contributed by atoms with Gasteiger partial charge in [0.15, 0.2) is 5.65 Å². The van der Waals surface area contributed by atoms with E-state index in [4.69, 9.17) is 0 Å². The van der Waals surface area contributed by atoms with Crippen molar-refractivity contribution in [2.45, 2.75) is 25.8 Å². The molecule has 2 aromatic rings. The summed E-state index contributed by atoms with van der Waals surface area (Å²) in [6.45, 7) is 3.80. The Morgan fingerprint density at radius 3 is 3.11 bits per heavy atom. The summed E-state index contributed by atoms with van der Waals surface area (Å²) in [6, 6.07) is 2.07. The van der Waals surface area contributed by atoms with E-state index in [2.05, 4.69) is 15.3 Å². The van der Waals surface area contributed by atoms with Crippen LogP contribution in [0, 0.1) is 6.92 Å². The molecule has 1 N–H and O–H groups in total. The molecule has 3 rings (SSSR count). The second-order valence-corrected chi connectivity index (χ2v) is 4.78. The average molecular weight is 244 g/mol. The van der Waals surface area contributed by atoms with Gasteiger partial charge in [0.25, 0.3) is 5.56 Å². The number of aryl methyl sites for hydroxylation is 1. The monoisotopic (exact) mass is 244 g/mol. The Bertz CT molecular complexity index is 628. The van der Waals surface area contributed by atoms with E-state index >= 15 is 0 Å². The minimum atomic E-state index is 0.0271. The molecule has 0 amide bonds. The SMILES string of the molecule is Cc1ccnc2ncn(C3CCCNC3)c(=O)c12. The molecule has 5 nitrogen and oxygen atoms in total. The minimum Gasteiger partial charge on any atom is -0.315 e. The van der Waals surface area contributed by atoms with E-state index in [0.29, 0.717) is 11.0 Å². The van der Waals surface area contributed by atoms with Crippen LogP contribution in [-0.4, -0.2) is 27.6 Å². The molecule has 1 unspecified atom stereocenters. The Hall–Kier alpha value is -1.75. The fourth-order valence-electron chi connectivity index (χ4n) is 2.54. The Morgan fingerprint density at radius 1 is 1.44 bits per heavy atom. The molecule has 1 fully saturated rings.